The lowest BCUT2D eigenvalue weighted by Crippen LogP contribution is -2.37. The minimum absolute atomic E-state index is 0.0385. The minimum Gasteiger partial charge on any atom is -0.481 e. The summed E-state index contributed by atoms with van der Waals surface area (Å²) in [6.07, 6.45) is 1.34. The lowest BCUT2D eigenvalue weighted by Gasteiger charge is -2.43. The zero-order valence-corrected chi connectivity index (χ0v) is 11.9. The second-order valence-corrected chi connectivity index (χ2v) is 7.10. The van der Waals surface area contributed by atoms with Crippen molar-refractivity contribution in [3.8, 4) is 0 Å². The summed E-state index contributed by atoms with van der Waals surface area (Å²) in [5.41, 5.74) is 0.113. The average Bonchev–Trinajstić information content (AvgIpc) is 1.94. The lowest BCUT2D eigenvalue weighted by atomic mass is 9.62. The number of aliphatic carboxylic acids is 1. The van der Waals surface area contributed by atoms with E-state index in [9.17, 15) is 4.79 Å². The molecule has 0 aromatic heterocycles. The van der Waals surface area contributed by atoms with Crippen LogP contribution >= 0.6 is 0 Å². The van der Waals surface area contributed by atoms with E-state index in [2.05, 4.69) is 48.5 Å². The minimum atomic E-state index is -0.684. The van der Waals surface area contributed by atoms with Gasteiger partial charge < -0.3 is 5.11 Å². The molecule has 0 unspecified atom stereocenters. The molecule has 0 radical (unpaired) electrons. The zero-order valence-electron chi connectivity index (χ0n) is 11.9. The summed E-state index contributed by atoms with van der Waals surface area (Å²) in [5, 5.41) is 9.04. The van der Waals surface area contributed by atoms with Crippen molar-refractivity contribution < 1.29 is 9.90 Å². The first-order valence-electron chi connectivity index (χ1n) is 6.18. The molecule has 0 aromatic carbocycles. The van der Waals surface area contributed by atoms with E-state index in [0.29, 0.717) is 5.92 Å². The summed E-state index contributed by atoms with van der Waals surface area (Å²) in [5.74, 6) is 0.130. The normalized spacial score (nSPS) is 15.2. The highest BCUT2D eigenvalue weighted by molar-refractivity contribution is 5.67. The largest absolute Gasteiger partial charge is 0.481 e. The van der Waals surface area contributed by atoms with Crippen molar-refractivity contribution in [2.24, 2.45) is 22.7 Å². The maximum Gasteiger partial charge on any atom is 0.303 e. The first kappa shape index (κ1) is 15.5. The molecule has 0 aliphatic carbocycles. The molecule has 2 heteroatoms. The van der Waals surface area contributed by atoms with Gasteiger partial charge in [0, 0.05) is 6.42 Å². The first-order chi connectivity index (χ1) is 6.97. The van der Waals surface area contributed by atoms with E-state index in [4.69, 9.17) is 5.11 Å². The van der Waals surface area contributed by atoms with Gasteiger partial charge in [0.05, 0.1) is 0 Å². The Kier molecular flexibility index (Phi) is 5.03. The van der Waals surface area contributed by atoms with Crippen molar-refractivity contribution in [2.45, 2.75) is 61.3 Å². The van der Waals surface area contributed by atoms with Gasteiger partial charge >= 0.3 is 5.97 Å². The maximum absolute atomic E-state index is 11.0. The summed E-state index contributed by atoms with van der Waals surface area (Å²) in [6.45, 7) is 15.2. The third kappa shape index (κ3) is 5.00. The summed E-state index contributed by atoms with van der Waals surface area (Å²) >= 11 is 0. The molecule has 0 aliphatic rings. The van der Waals surface area contributed by atoms with Crippen LogP contribution in [0.1, 0.15) is 61.3 Å². The van der Waals surface area contributed by atoms with Gasteiger partial charge in [0.1, 0.15) is 0 Å². The van der Waals surface area contributed by atoms with Crippen LogP contribution in [0.5, 0.6) is 0 Å². The van der Waals surface area contributed by atoms with Crippen LogP contribution in [-0.4, -0.2) is 11.1 Å². The van der Waals surface area contributed by atoms with Gasteiger partial charge in [-0.25, -0.2) is 0 Å². The van der Waals surface area contributed by atoms with Crippen LogP contribution in [0.15, 0.2) is 0 Å². The van der Waals surface area contributed by atoms with Crippen molar-refractivity contribution in [3.05, 3.63) is 0 Å². The predicted molar refractivity (Wildman–Crippen MR) is 68.4 cm³/mol. The van der Waals surface area contributed by atoms with Crippen LogP contribution in [0.2, 0.25) is 0 Å². The Morgan fingerprint density at radius 2 is 1.56 bits per heavy atom. The third-order valence-corrected chi connectivity index (χ3v) is 3.30. The number of carboxylic acids is 1. The van der Waals surface area contributed by atoms with Crippen LogP contribution in [-0.2, 0) is 4.79 Å². The van der Waals surface area contributed by atoms with Crippen LogP contribution in [0, 0.1) is 22.7 Å². The van der Waals surface area contributed by atoms with Gasteiger partial charge in [0.15, 0.2) is 0 Å². The number of rotatable bonds is 5. The summed E-state index contributed by atoms with van der Waals surface area (Å²) in [7, 11) is 0. The molecule has 0 spiro atoms. The molecule has 16 heavy (non-hydrogen) atoms. The average molecular weight is 228 g/mol. The molecule has 1 N–H and O–H groups in total. The Morgan fingerprint density at radius 1 is 1.12 bits per heavy atom. The molecule has 0 amide bonds. The second kappa shape index (κ2) is 5.20. The number of carboxylic acid groups (broad SMARTS) is 1. The fourth-order valence-corrected chi connectivity index (χ4v) is 3.12. The van der Waals surface area contributed by atoms with Crippen molar-refractivity contribution >= 4 is 5.97 Å². The fraction of sp³-hybridized carbons (Fsp3) is 0.929. The van der Waals surface area contributed by atoms with E-state index in [1.165, 1.54) is 0 Å². The smallest absolute Gasteiger partial charge is 0.303 e. The highest BCUT2D eigenvalue weighted by Crippen LogP contribution is 2.45. The highest BCUT2D eigenvalue weighted by Gasteiger charge is 2.39. The Hall–Kier alpha value is -0.530. The molecule has 0 saturated heterocycles. The molecule has 0 fully saturated rings. The fourth-order valence-electron chi connectivity index (χ4n) is 3.12. The predicted octanol–water partition coefficient (Wildman–Crippen LogP) is 4.20. The molecule has 0 aliphatic heterocycles. The van der Waals surface area contributed by atoms with E-state index in [1.54, 1.807) is 0 Å². The number of hydrogen-bond donors (Lipinski definition) is 1. The monoisotopic (exact) mass is 228 g/mol. The standard InChI is InChI=1S/C14H28O2/c1-10(2)9-14(6,7)11(8-12(15)16)13(3,4)5/h10-11H,8-9H2,1-7H3,(H,15,16)/t11-/m1/s1. The third-order valence-electron chi connectivity index (χ3n) is 3.30. The lowest BCUT2D eigenvalue weighted by molar-refractivity contribution is -0.141. The topological polar surface area (TPSA) is 37.3 Å². The number of hydrogen-bond acceptors (Lipinski definition) is 1. The van der Waals surface area contributed by atoms with Gasteiger partial charge in [-0.3, -0.25) is 4.79 Å². The Bertz CT molecular complexity index is 234. The van der Waals surface area contributed by atoms with E-state index >= 15 is 0 Å². The Labute approximate surface area is 100 Å². The van der Waals surface area contributed by atoms with Crippen molar-refractivity contribution in [3.63, 3.8) is 0 Å². The molecule has 0 heterocycles. The molecule has 1 atom stereocenters. The molecule has 0 saturated carbocycles. The van der Waals surface area contributed by atoms with Gasteiger partial charge in [0.2, 0.25) is 0 Å². The van der Waals surface area contributed by atoms with Gasteiger partial charge in [-0.2, -0.15) is 0 Å². The van der Waals surface area contributed by atoms with E-state index in [1.807, 2.05) is 0 Å². The van der Waals surface area contributed by atoms with Gasteiger partial charge in [-0.1, -0.05) is 48.5 Å². The van der Waals surface area contributed by atoms with Crippen LogP contribution in [0.4, 0.5) is 0 Å². The summed E-state index contributed by atoms with van der Waals surface area (Å²) < 4.78 is 0. The molecule has 0 bridgehead atoms. The van der Waals surface area contributed by atoms with E-state index < -0.39 is 5.97 Å². The molecular weight excluding hydrogens is 200 g/mol. The van der Waals surface area contributed by atoms with Crippen LogP contribution in [0.25, 0.3) is 0 Å². The summed E-state index contributed by atoms with van der Waals surface area (Å²) in [6, 6.07) is 0. The maximum atomic E-state index is 11.0. The van der Waals surface area contributed by atoms with Crippen LogP contribution < -0.4 is 0 Å². The van der Waals surface area contributed by atoms with E-state index in [0.717, 1.165) is 6.42 Å². The molecule has 2 nitrogen and oxygen atoms in total. The first-order valence-corrected chi connectivity index (χ1v) is 6.18. The zero-order chi connectivity index (χ0) is 13.1. The van der Waals surface area contributed by atoms with E-state index in [-0.39, 0.29) is 23.2 Å². The SMILES string of the molecule is CC(C)CC(C)(C)[C@H](CC(=O)O)C(C)(C)C. The van der Waals surface area contributed by atoms with Crippen molar-refractivity contribution in [1.82, 2.24) is 0 Å². The molecule has 0 aromatic rings. The van der Waals surface area contributed by atoms with Gasteiger partial charge in [-0.15, -0.1) is 0 Å². The molecule has 96 valence electrons. The van der Waals surface area contributed by atoms with Gasteiger partial charge in [-0.05, 0) is 29.1 Å². The van der Waals surface area contributed by atoms with Gasteiger partial charge in [0.25, 0.3) is 0 Å². The Balaban J connectivity index is 4.94. The second-order valence-electron chi connectivity index (χ2n) is 7.10. The highest BCUT2D eigenvalue weighted by atomic mass is 16.4. The van der Waals surface area contributed by atoms with Crippen molar-refractivity contribution in [2.75, 3.05) is 0 Å². The quantitative estimate of drug-likeness (QED) is 0.766. The number of carbonyl (C=O) groups is 1. The molecular formula is C14H28O2. The van der Waals surface area contributed by atoms with Crippen LogP contribution in [0.3, 0.4) is 0 Å². The van der Waals surface area contributed by atoms with Crippen molar-refractivity contribution in [1.29, 1.82) is 0 Å². The summed E-state index contributed by atoms with van der Waals surface area (Å²) in [4.78, 5) is 11.0. The Morgan fingerprint density at radius 3 is 1.81 bits per heavy atom. The molecule has 0 rings (SSSR count).